The lowest BCUT2D eigenvalue weighted by atomic mass is 10.1. The summed E-state index contributed by atoms with van der Waals surface area (Å²) in [5.74, 6) is 0.551. The van der Waals surface area contributed by atoms with E-state index in [0.717, 1.165) is 22.9 Å². The van der Waals surface area contributed by atoms with Gasteiger partial charge in [-0.25, -0.2) is 4.79 Å². The summed E-state index contributed by atoms with van der Waals surface area (Å²) in [6.45, 7) is 2.52. The average Bonchev–Trinajstić information content (AvgIpc) is 2.62. The molecule has 0 aliphatic carbocycles. The van der Waals surface area contributed by atoms with Crippen LogP contribution in [0.1, 0.15) is 24.5 Å². The van der Waals surface area contributed by atoms with E-state index in [1.165, 1.54) is 12.7 Å². The maximum Gasteiger partial charge on any atom is 0.315 e. The number of aryl methyl sites for hydroxylation is 1. The molecule has 0 heterocycles. The smallest absolute Gasteiger partial charge is 0.315 e. The van der Waals surface area contributed by atoms with Gasteiger partial charge in [-0.3, -0.25) is 0 Å². The van der Waals surface area contributed by atoms with E-state index in [4.69, 9.17) is 4.74 Å². The lowest BCUT2D eigenvalue weighted by Crippen LogP contribution is -2.41. The van der Waals surface area contributed by atoms with Gasteiger partial charge in [0.2, 0.25) is 0 Å². The van der Waals surface area contributed by atoms with Crippen molar-refractivity contribution in [2.24, 2.45) is 0 Å². The molecule has 0 bridgehead atoms. The SMILES string of the molecule is COc1cc(CCNC(=O)NC(C)CCc2ccc(Br)cc2)ccc1O. The van der Waals surface area contributed by atoms with Gasteiger partial charge >= 0.3 is 6.03 Å². The van der Waals surface area contributed by atoms with Crippen LogP contribution in [0.15, 0.2) is 46.9 Å². The number of halogens is 1. The van der Waals surface area contributed by atoms with Crippen molar-refractivity contribution in [3.8, 4) is 11.5 Å². The number of amides is 2. The molecule has 26 heavy (non-hydrogen) atoms. The molecule has 2 amide bonds. The Bertz CT molecular complexity index is 719. The van der Waals surface area contributed by atoms with Crippen molar-refractivity contribution < 1.29 is 14.6 Å². The van der Waals surface area contributed by atoms with Crippen LogP contribution in [0.25, 0.3) is 0 Å². The highest BCUT2D eigenvalue weighted by atomic mass is 79.9. The Hall–Kier alpha value is -2.21. The van der Waals surface area contributed by atoms with Crippen LogP contribution in [-0.4, -0.2) is 30.8 Å². The molecule has 0 aliphatic rings. The maximum atomic E-state index is 12.0. The summed E-state index contributed by atoms with van der Waals surface area (Å²) >= 11 is 3.43. The van der Waals surface area contributed by atoms with Crippen molar-refractivity contribution in [2.45, 2.75) is 32.2 Å². The highest BCUT2D eigenvalue weighted by molar-refractivity contribution is 9.10. The fraction of sp³-hybridized carbons (Fsp3) is 0.350. The van der Waals surface area contributed by atoms with Gasteiger partial charge in [0, 0.05) is 17.1 Å². The van der Waals surface area contributed by atoms with Gasteiger partial charge in [-0.05, 0) is 61.6 Å². The predicted octanol–water partition coefficient (Wildman–Crippen LogP) is 4.03. The van der Waals surface area contributed by atoms with E-state index in [0.29, 0.717) is 18.7 Å². The van der Waals surface area contributed by atoms with Gasteiger partial charge in [-0.2, -0.15) is 0 Å². The molecule has 1 unspecified atom stereocenters. The number of hydrogen-bond donors (Lipinski definition) is 3. The molecule has 5 nitrogen and oxygen atoms in total. The minimum atomic E-state index is -0.168. The van der Waals surface area contributed by atoms with Gasteiger partial charge in [0.15, 0.2) is 11.5 Å². The van der Waals surface area contributed by atoms with Crippen LogP contribution in [0.4, 0.5) is 4.79 Å². The molecule has 2 rings (SSSR count). The molecular formula is C20H25BrN2O3. The second kappa shape index (κ2) is 10.1. The molecule has 6 heteroatoms. The molecule has 0 fully saturated rings. The van der Waals surface area contributed by atoms with Gasteiger partial charge in [-0.15, -0.1) is 0 Å². The molecule has 2 aromatic carbocycles. The summed E-state index contributed by atoms with van der Waals surface area (Å²) in [5.41, 5.74) is 2.24. The average molecular weight is 421 g/mol. The Labute approximate surface area is 162 Å². The number of nitrogens with one attached hydrogen (secondary N) is 2. The second-order valence-corrected chi connectivity index (χ2v) is 7.14. The van der Waals surface area contributed by atoms with E-state index in [1.54, 1.807) is 12.1 Å². The molecule has 0 aliphatic heterocycles. The third-order valence-electron chi connectivity index (χ3n) is 4.10. The van der Waals surface area contributed by atoms with Crippen LogP contribution < -0.4 is 15.4 Å². The summed E-state index contributed by atoms with van der Waals surface area (Å²) < 4.78 is 6.15. The van der Waals surface area contributed by atoms with Crippen LogP contribution in [-0.2, 0) is 12.8 Å². The first kappa shape index (κ1) is 20.1. The quantitative estimate of drug-likeness (QED) is 0.603. The van der Waals surface area contributed by atoms with E-state index < -0.39 is 0 Å². The molecular weight excluding hydrogens is 396 g/mol. The standard InChI is InChI=1S/C20H25BrN2O3/c1-14(3-4-15-5-8-17(21)9-6-15)23-20(25)22-12-11-16-7-10-18(24)19(13-16)26-2/h5-10,13-14,24H,3-4,11-12H2,1-2H3,(H2,22,23,25). The predicted molar refractivity (Wildman–Crippen MR) is 107 cm³/mol. The highest BCUT2D eigenvalue weighted by Gasteiger charge is 2.08. The lowest BCUT2D eigenvalue weighted by molar-refractivity contribution is 0.237. The molecule has 0 saturated heterocycles. The summed E-state index contributed by atoms with van der Waals surface area (Å²) in [6.07, 6.45) is 2.46. The Morgan fingerprint density at radius 1 is 1.15 bits per heavy atom. The number of phenols is 1. The van der Waals surface area contributed by atoms with Gasteiger partial charge in [0.05, 0.1) is 7.11 Å². The number of carbonyl (C=O) groups excluding carboxylic acids is 1. The van der Waals surface area contributed by atoms with Crippen LogP contribution in [0, 0.1) is 0 Å². The molecule has 3 N–H and O–H groups in total. The van der Waals surface area contributed by atoms with Crippen LogP contribution in [0.2, 0.25) is 0 Å². The Morgan fingerprint density at radius 3 is 2.54 bits per heavy atom. The summed E-state index contributed by atoms with van der Waals surface area (Å²) in [6, 6.07) is 13.3. The highest BCUT2D eigenvalue weighted by Crippen LogP contribution is 2.26. The van der Waals surface area contributed by atoms with Crippen LogP contribution in [0.5, 0.6) is 11.5 Å². The van der Waals surface area contributed by atoms with Gasteiger partial charge in [0.25, 0.3) is 0 Å². The summed E-state index contributed by atoms with van der Waals surface area (Å²) in [7, 11) is 1.51. The third-order valence-corrected chi connectivity index (χ3v) is 4.63. The monoisotopic (exact) mass is 420 g/mol. The van der Waals surface area contributed by atoms with Crippen molar-refractivity contribution in [1.82, 2.24) is 10.6 Å². The second-order valence-electron chi connectivity index (χ2n) is 6.22. The molecule has 140 valence electrons. The van der Waals surface area contributed by atoms with Gasteiger partial charge < -0.3 is 20.5 Å². The van der Waals surface area contributed by atoms with Crippen LogP contribution >= 0.6 is 15.9 Å². The van der Waals surface area contributed by atoms with E-state index in [-0.39, 0.29) is 17.8 Å². The fourth-order valence-corrected chi connectivity index (χ4v) is 2.84. The van der Waals surface area contributed by atoms with Crippen molar-refractivity contribution in [1.29, 1.82) is 0 Å². The Morgan fingerprint density at radius 2 is 1.85 bits per heavy atom. The number of methoxy groups -OCH3 is 1. The first-order valence-electron chi connectivity index (χ1n) is 8.62. The van der Waals surface area contributed by atoms with Crippen molar-refractivity contribution in [3.05, 3.63) is 58.1 Å². The number of ether oxygens (including phenoxy) is 1. The van der Waals surface area contributed by atoms with Crippen LogP contribution in [0.3, 0.4) is 0 Å². The molecule has 0 aromatic heterocycles. The van der Waals surface area contributed by atoms with E-state index >= 15 is 0 Å². The third kappa shape index (κ3) is 6.59. The zero-order valence-corrected chi connectivity index (χ0v) is 16.7. The fourth-order valence-electron chi connectivity index (χ4n) is 2.58. The summed E-state index contributed by atoms with van der Waals surface area (Å²) in [4.78, 5) is 12.0. The molecule has 2 aromatic rings. The first-order chi connectivity index (χ1) is 12.5. The number of hydrogen-bond acceptors (Lipinski definition) is 3. The lowest BCUT2D eigenvalue weighted by Gasteiger charge is -2.15. The minimum Gasteiger partial charge on any atom is -0.504 e. The van der Waals surface area contributed by atoms with Crippen molar-refractivity contribution in [3.63, 3.8) is 0 Å². The number of aromatic hydroxyl groups is 1. The first-order valence-corrected chi connectivity index (χ1v) is 9.42. The normalized spacial score (nSPS) is 11.7. The molecule has 0 radical (unpaired) electrons. The molecule has 0 spiro atoms. The maximum absolute atomic E-state index is 12.0. The zero-order chi connectivity index (χ0) is 18.9. The van der Waals surface area contributed by atoms with E-state index in [1.807, 2.05) is 25.1 Å². The van der Waals surface area contributed by atoms with E-state index in [2.05, 4.69) is 38.7 Å². The largest absolute Gasteiger partial charge is 0.504 e. The number of phenolic OH excluding ortho intramolecular Hbond substituents is 1. The van der Waals surface area contributed by atoms with Gasteiger partial charge in [0.1, 0.15) is 0 Å². The van der Waals surface area contributed by atoms with E-state index in [9.17, 15) is 9.90 Å². The molecule has 1 atom stereocenters. The number of urea groups is 1. The number of carbonyl (C=O) groups is 1. The summed E-state index contributed by atoms with van der Waals surface area (Å²) in [5, 5.41) is 15.4. The minimum absolute atomic E-state index is 0.0902. The Kier molecular flexibility index (Phi) is 7.78. The van der Waals surface area contributed by atoms with Crippen molar-refractivity contribution >= 4 is 22.0 Å². The topological polar surface area (TPSA) is 70.6 Å². The number of rotatable bonds is 8. The number of benzene rings is 2. The molecule has 0 saturated carbocycles. The van der Waals surface area contributed by atoms with Gasteiger partial charge in [-0.1, -0.05) is 34.1 Å². The van der Waals surface area contributed by atoms with Crippen molar-refractivity contribution in [2.75, 3.05) is 13.7 Å². The Balaban J connectivity index is 1.68. The zero-order valence-electron chi connectivity index (χ0n) is 15.1.